The van der Waals surface area contributed by atoms with Gasteiger partial charge in [-0.3, -0.25) is 0 Å². The van der Waals surface area contributed by atoms with Crippen LogP contribution in [0.2, 0.25) is 0 Å². The summed E-state index contributed by atoms with van der Waals surface area (Å²) in [7, 11) is 0.305. The van der Waals surface area contributed by atoms with E-state index in [0.717, 1.165) is 11.6 Å². The third-order valence-corrected chi connectivity index (χ3v) is 8.17. The van der Waals surface area contributed by atoms with E-state index in [1.165, 1.54) is 64.2 Å². The van der Waals surface area contributed by atoms with Crippen LogP contribution in [0.3, 0.4) is 0 Å². The zero-order valence-corrected chi connectivity index (χ0v) is 16.7. The van der Waals surface area contributed by atoms with E-state index in [1.807, 2.05) is 0 Å². The first-order valence-corrected chi connectivity index (χ1v) is 11.7. The molecule has 0 aliphatic heterocycles. The zero-order valence-electron chi connectivity index (χ0n) is 15.8. The summed E-state index contributed by atoms with van der Waals surface area (Å²) >= 11 is 0. The van der Waals surface area contributed by atoms with E-state index in [9.17, 15) is 0 Å². The van der Waals surface area contributed by atoms with Gasteiger partial charge in [-0.2, -0.15) is 0 Å². The third-order valence-electron chi connectivity index (χ3n) is 4.88. The molecule has 0 bridgehead atoms. The molecule has 0 heterocycles. The van der Waals surface area contributed by atoms with E-state index in [1.54, 1.807) is 18.7 Å². The van der Waals surface area contributed by atoms with E-state index >= 15 is 0 Å². The minimum absolute atomic E-state index is 0.305. The fraction of sp³-hybridized carbons (Fsp3) is 1.00. The van der Waals surface area contributed by atoms with Gasteiger partial charge < -0.3 is 0 Å². The molecule has 0 saturated heterocycles. The Kier molecular flexibility index (Phi) is 15.6. The van der Waals surface area contributed by atoms with E-state index in [4.69, 9.17) is 0 Å². The predicted octanol–water partition coefficient (Wildman–Crippen LogP) is 7.84. The van der Waals surface area contributed by atoms with Gasteiger partial charge in [-0.1, -0.05) is 79.6 Å². The molecule has 2 atom stereocenters. The topological polar surface area (TPSA) is 0 Å². The van der Waals surface area contributed by atoms with Gasteiger partial charge in [0.05, 0.1) is 0 Å². The maximum Gasteiger partial charge on any atom is -0.0207 e. The summed E-state index contributed by atoms with van der Waals surface area (Å²) in [6, 6.07) is 0. The van der Waals surface area contributed by atoms with E-state index in [0.29, 0.717) is 7.92 Å². The van der Waals surface area contributed by atoms with Gasteiger partial charge in [-0.25, -0.2) is 0 Å². The Labute approximate surface area is 137 Å². The van der Waals surface area contributed by atoms with Crippen LogP contribution >= 0.6 is 7.92 Å². The summed E-state index contributed by atoms with van der Waals surface area (Å²) in [5, 5.41) is 0. The highest BCUT2D eigenvalue weighted by atomic mass is 31.1. The molecular formula is C20H43P. The van der Waals surface area contributed by atoms with Crippen LogP contribution in [0.1, 0.15) is 105 Å². The average Bonchev–Trinajstić information content (AvgIpc) is 2.50. The van der Waals surface area contributed by atoms with Gasteiger partial charge in [0.15, 0.2) is 0 Å². The second-order valence-electron chi connectivity index (χ2n) is 6.84. The molecule has 0 amide bonds. The third kappa shape index (κ3) is 10.7. The first-order chi connectivity index (χ1) is 10.2. The molecule has 2 unspecified atom stereocenters. The Balaban J connectivity index is 4.58. The van der Waals surface area contributed by atoms with Crippen molar-refractivity contribution in [3.8, 4) is 0 Å². The maximum atomic E-state index is 2.42. The van der Waals surface area contributed by atoms with Gasteiger partial charge in [0.25, 0.3) is 0 Å². The molecule has 0 fully saturated rings. The monoisotopic (exact) mass is 314 g/mol. The lowest BCUT2D eigenvalue weighted by molar-refractivity contribution is 0.407. The Morgan fingerprint density at radius 3 is 1.67 bits per heavy atom. The molecule has 0 radical (unpaired) electrons. The molecule has 0 nitrogen and oxygen atoms in total. The van der Waals surface area contributed by atoms with Crippen molar-refractivity contribution in [2.45, 2.75) is 111 Å². The van der Waals surface area contributed by atoms with Gasteiger partial charge in [0, 0.05) is 0 Å². The van der Waals surface area contributed by atoms with Crippen molar-refractivity contribution in [2.24, 2.45) is 5.92 Å². The fourth-order valence-corrected chi connectivity index (χ4v) is 6.97. The first-order valence-electron chi connectivity index (χ1n) is 9.97. The summed E-state index contributed by atoms with van der Waals surface area (Å²) in [6.45, 7) is 11.9. The van der Waals surface area contributed by atoms with Crippen molar-refractivity contribution >= 4 is 7.92 Å². The minimum atomic E-state index is 0.305. The summed E-state index contributed by atoms with van der Waals surface area (Å²) in [5.74, 6) is 1.01. The number of hydrogen-bond donors (Lipinski definition) is 0. The highest BCUT2D eigenvalue weighted by molar-refractivity contribution is 7.58. The minimum Gasteiger partial charge on any atom is -0.104 e. The molecule has 0 spiro atoms. The lowest BCUT2D eigenvalue weighted by atomic mass is 9.93. The summed E-state index contributed by atoms with van der Waals surface area (Å²) < 4.78 is 0. The van der Waals surface area contributed by atoms with Crippen LogP contribution in [0, 0.1) is 5.92 Å². The Hall–Kier alpha value is 0.430. The van der Waals surface area contributed by atoms with Crippen molar-refractivity contribution in [1.82, 2.24) is 0 Å². The van der Waals surface area contributed by atoms with E-state index in [2.05, 4.69) is 34.6 Å². The molecule has 128 valence electrons. The standard InChI is InChI=1S/C20H43P/c1-6-11-15-19(10-5)18-20(14-9-4)21(16-12-7-2)17-13-8-3/h19-20H,6-18H2,1-5H3. The number of unbranched alkanes of at least 4 members (excludes halogenated alkanes) is 3. The molecule has 0 N–H and O–H groups in total. The van der Waals surface area contributed by atoms with Gasteiger partial charge in [-0.15, -0.1) is 7.92 Å². The molecule has 0 saturated carbocycles. The van der Waals surface area contributed by atoms with E-state index < -0.39 is 0 Å². The molecule has 0 aliphatic carbocycles. The predicted molar refractivity (Wildman–Crippen MR) is 103 cm³/mol. The molecule has 0 aliphatic rings. The van der Waals surface area contributed by atoms with Crippen molar-refractivity contribution in [2.75, 3.05) is 12.3 Å². The molecule has 21 heavy (non-hydrogen) atoms. The highest BCUT2D eigenvalue weighted by Crippen LogP contribution is 2.48. The molecule has 0 aromatic heterocycles. The number of rotatable bonds is 15. The van der Waals surface area contributed by atoms with E-state index in [-0.39, 0.29) is 0 Å². The van der Waals surface area contributed by atoms with Crippen molar-refractivity contribution < 1.29 is 0 Å². The fourth-order valence-electron chi connectivity index (χ4n) is 3.35. The second kappa shape index (κ2) is 15.3. The van der Waals surface area contributed by atoms with Gasteiger partial charge in [-0.05, 0) is 49.6 Å². The summed E-state index contributed by atoms with van der Waals surface area (Å²) in [6.07, 6.45) is 19.0. The van der Waals surface area contributed by atoms with Crippen molar-refractivity contribution in [1.29, 1.82) is 0 Å². The molecule has 0 aromatic rings. The van der Waals surface area contributed by atoms with Crippen LogP contribution in [0.5, 0.6) is 0 Å². The Morgan fingerprint density at radius 2 is 1.24 bits per heavy atom. The SMILES string of the molecule is CCCCC(CC)CC(CCC)P(CCCC)CCCC. The maximum absolute atomic E-state index is 2.42. The van der Waals surface area contributed by atoms with Crippen molar-refractivity contribution in [3.05, 3.63) is 0 Å². The number of hydrogen-bond acceptors (Lipinski definition) is 0. The van der Waals surface area contributed by atoms with Crippen LogP contribution in [0.4, 0.5) is 0 Å². The van der Waals surface area contributed by atoms with Gasteiger partial charge in [0.2, 0.25) is 0 Å². The first kappa shape index (κ1) is 21.4. The smallest absolute Gasteiger partial charge is 0.0207 e. The lowest BCUT2D eigenvalue weighted by Crippen LogP contribution is -2.15. The lowest BCUT2D eigenvalue weighted by Gasteiger charge is -2.31. The van der Waals surface area contributed by atoms with Crippen LogP contribution in [-0.4, -0.2) is 18.0 Å². The largest absolute Gasteiger partial charge is 0.104 e. The van der Waals surface area contributed by atoms with Crippen molar-refractivity contribution in [3.63, 3.8) is 0 Å². The zero-order chi connectivity index (χ0) is 15.9. The van der Waals surface area contributed by atoms with Gasteiger partial charge in [0.1, 0.15) is 0 Å². The summed E-state index contributed by atoms with van der Waals surface area (Å²) in [5.41, 5.74) is 1.07. The quantitative estimate of drug-likeness (QED) is 0.270. The van der Waals surface area contributed by atoms with Crippen LogP contribution in [-0.2, 0) is 0 Å². The molecule has 1 heteroatoms. The van der Waals surface area contributed by atoms with Crippen LogP contribution in [0.25, 0.3) is 0 Å². The van der Waals surface area contributed by atoms with Crippen LogP contribution < -0.4 is 0 Å². The Morgan fingerprint density at radius 1 is 0.667 bits per heavy atom. The summed E-state index contributed by atoms with van der Waals surface area (Å²) in [4.78, 5) is 0. The average molecular weight is 315 g/mol. The van der Waals surface area contributed by atoms with Crippen LogP contribution in [0.15, 0.2) is 0 Å². The van der Waals surface area contributed by atoms with Gasteiger partial charge >= 0.3 is 0 Å². The molecule has 0 rings (SSSR count). The molecule has 0 aromatic carbocycles. The highest BCUT2D eigenvalue weighted by Gasteiger charge is 2.22. The molecular weight excluding hydrogens is 271 g/mol. The Bertz CT molecular complexity index is 194. The normalized spacial score (nSPS) is 14.6. The second-order valence-corrected chi connectivity index (χ2v) is 9.64.